The summed E-state index contributed by atoms with van der Waals surface area (Å²) in [5, 5.41) is 13.8. The lowest BCUT2D eigenvalue weighted by Gasteiger charge is -2.40. The fraction of sp³-hybridized carbons (Fsp3) is 0.481. The van der Waals surface area contributed by atoms with Crippen molar-refractivity contribution in [3.8, 4) is 0 Å². The molecule has 0 bridgehead atoms. The maximum absolute atomic E-state index is 12.9. The summed E-state index contributed by atoms with van der Waals surface area (Å²) < 4.78 is 6.36. The van der Waals surface area contributed by atoms with Gasteiger partial charge >= 0.3 is 5.97 Å². The van der Waals surface area contributed by atoms with Crippen LogP contribution in [0.15, 0.2) is 48.5 Å². The van der Waals surface area contributed by atoms with Gasteiger partial charge in [0, 0.05) is 27.9 Å². The first-order valence-corrected chi connectivity index (χ1v) is 12.7. The molecule has 1 amide bonds. The molecule has 1 heterocycles. The first kappa shape index (κ1) is 25.0. The van der Waals surface area contributed by atoms with E-state index in [1.807, 2.05) is 48.5 Å². The third-order valence-electron chi connectivity index (χ3n) is 7.02. The Kier molecular flexibility index (Phi) is 8.18. The standard InChI is InChI=1S/C27H31Cl2NO4/c1-16(11-24(34-15-17-5-6-17)18-7-9-21(28)10-8-18)26-23(19-3-2-4-22(29)12-19)13-20(14-25(31)32)27(33)30-26/h2-4,7-10,12,16-17,20,23-24,26H,5-6,11,13-15H2,1H3,(H,30,33)(H,31,32)/t16?,20-,23+,24-,26-/m0/s1. The SMILES string of the molecule is CC(C[C@H](OCC1CC1)c1ccc(Cl)cc1)[C@@H]1NC(=O)[C@H](CC(=O)O)C[C@@H]1c1cccc(Cl)c1. The molecule has 1 saturated heterocycles. The molecule has 2 aromatic carbocycles. The van der Waals surface area contributed by atoms with Crippen LogP contribution in [0.3, 0.4) is 0 Å². The van der Waals surface area contributed by atoms with Crippen LogP contribution in [0.5, 0.6) is 0 Å². The van der Waals surface area contributed by atoms with E-state index in [9.17, 15) is 14.7 Å². The van der Waals surface area contributed by atoms with Gasteiger partial charge in [-0.1, -0.05) is 54.4 Å². The number of nitrogens with one attached hydrogen (secondary N) is 1. The van der Waals surface area contributed by atoms with Gasteiger partial charge in [0.05, 0.1) is 19.1 Å². The van der Waals surface area contributed by atoms with E-state index in [0.29, 0.717) is 22.4 Å². The predicted octanol–water partition coefficient (Wildman–Crippen LogP) is 6.25. The van der Waals surface area contributed by atoms with Crippen LogP contribution < -0.4 is 5.32 Å². The summed E-state index contributed by atoms with van der Waals surface area (Å²) in [6.45, 7) is 2.86. The maximum Gasteiger partial charge on any atom is 0.304 e. The van der Waals surface area contributed by atoms with Gasteiger partial charge in [0.25, 0.3) is 0 Å². The number of aliphatic carboxylic acids is 1. The van der Waals surface area contributed by atoms with E-state index in [1.165, 1.54) is 12.8 Å². The number of carboxylic acids is 1. The molecule has 0 radical (unpaired) electrons. The van der Waals surface area contributed by atoms with Crippen LogP contribution in [0.4, 0.5) is 0 Å². The van der Waals surface area contributed by atoms with Crippen LogP contribution in [0.25, 0.3) is 0 Å². The Morgan fingerprint density at radius 2 is 1.88 bits per heavy atom. The highest BCUT2D eigenvalue weighted by Crippen LogP contribution is 2.40. The van der Waals surface area contributed by atoms with Crippen molar-refractivity contribution in [2.24, 2.45) is 17.8 Å². The second kappa shape index (κ2) is 11.1. The van der Waals surface area contributed by atoms with E-state index in [2.05, 4.69) is 12.2 Å². The van der Waals surface area contributed by atoms with Crippen LogP contribution in [-0.2, 0) is 14.3 Å². The summed E-state index contributed by atoms with van der Waals surface area (Å²) in [5.41, 5.74) is 2.09. The quantitative estimate of drug-likeness (QED) is 0.401. The van der Waals surface area contributed by atoms with E-state index in [0.717, 1.165) is 24.2 Å². The highest BCUT2D eigenvalue weighted by Gasteiger charge is 2.40. The van der Waals surface area contributed by atoms with Crippen LogP contribution in [0.2, 0.25) is 10.0 Å². The molecule has 1 aliphatic heterocycles. The summed E-state index contributed by atoms with van der Waals surface area (Å²) in [4.78, 5) is 24.2. The number of carbonyl (C=O) groups is 2. The van der Waals surface area contributed by atoms with Gasteiger partial charge < -0.3 is 15.2 Å². The lowest BCUT2D eigenvalue weighted by atomic mass is 9.73. The van der Waals surface area contributed by atoms with Gasteiger partial charge in [0.2, 0.25) is 5.91 Å². The number of amides is 1. The van der Waals surface area contributed by atoms with Crippen molar-refractivity contribution >= 4 is 35.1 Å². The second-order valence-electron chi connectivity index (χ2n) is 9.76. The first-order valence-electron chi connectivity index (χ1n) is 11.9. The Balaban J connectivity index is 1.56. The number of benzene rings is 2. The van der Waals surface area contributed by atoms with Gasteiger partial charge in [0.15, 0.2) is 0 Å². The summed E-state index contributed by atoms with van der Waals surface area (Å²) >= 11 is 12.4. The highest BCUT2D eigenvalue weighted by atomic mass is 35.5. The smallest absolute Gasteiger partial charge is 0.304 e. The van der Waals surface area contributed by atoms with E-state index < -0.39 is 11.9 Å². The van der Waals surface area contributed by atoms with Crippen molar-refractivity contribution in [3.05, 3.63) is 69.7 Å². The van der Waals surface area contributed by atoms with Crippen LogP contribution in [0, 0.1) is 17.8 Å². The Bertz CT molecular complexity index is 1010. The lowest BCUT2D eigenvalue weighted by Crippen LogP contribution is -2.52. The van der Waals surface area contributed by atoms with Crippen LogP contribution >= 0.6 is 23.2 Å². The molecule has 2 N–H and O–H groups in total. The van der Waals surface area contributed by atoms with E-state index in [1.54, 1.807) is 0 Å². The molecule has 2 aliphatic rings. The van der Waals surface area contributed by atoms with Gasteiger partial charge in [0.1, 0.15) is 0 Å². The molecule has 7 heteroatoms. The molecule has 0 spiro atoms. The van der Waals surface area contributed by atoms with Gasteiger partial charge in [-0.2, -0.15) is 0 Å². The minimum Gasteiger partial charge on any atom is -0.481 e. The molecule has 1 unspecified atom stereocenters. The molecule has 0 aromatic heterocycles. The fourth-order valence-corrected chi connectivity index (χ4v) is 5.27. The van der Waals surface area contributed by atoms with Gasteiger partial charge in [-0.3, -0.25) is 9.59 Å². The van der Waals surface area contributed by atoms with Crippen molar-refractivity contribution < 1.29 is 19.4 Å². The number of halogens is 2. The number of carboxylic acid groups (broad SMARTS) is 1. The first-order chi connectivity index (χ1) is 16.3. The number of hydrogen-bond donors (Lipinski definition) is 2. The van der Waals surface area contributed by atoms with E-state index >= 15 is 0 Å². The Morgan fingerprint density at radius 3 is 2.53 bits per heavy atom. The van der Waals surface area contributed by atoms with Gasteiger partial charge in [-0.15, -0.1) is 0 Å². The average Bonchev–Trinajstić information content (AvgIpc) is 3.62. The number of carbonyl (C=O) groups excluding carboxylic acids is 1. The molecule has 182 valence electrons. The zero-order valence-corrected chi connectivity index (χ0v) is 20.8. The molecular weight excluding hydrogens is 473 g/mol. The minimum absolute atomic E-state index is 0.0370. The summed E-state index contributed by atoms with van der Waals surface area (Å²) in [7, 11) is 0. The number of piperidine rings is 1. The largest absolute Gasteiger partial charge is 0.481 e. The summed E-state index contributed by atoms with van der Waals surface area (Å²) in [6, 6.07) is 15.3. The second-order valence-corrected chi connectivity index (χ2v) is 10.6. The summed E-state index contributed by atoms with van der Waals surface area (Å²) in [5.74, 6) is -1.05. The highest BCUT2D eigenvalue weighted by molar-refractivity contribution is 6.30. The average molecular weight is 504 g/mol. The Labute approximate surface area is 210 Å². The van der Waals surface area contributed by atoms with Crippen LogP contribution in [0.1, 0.15) is 62.2 Å². The molecule has 2 aromatic rings. The molecule has 1 saturated carbocycles. The molecular formula is C27H31Cl2NO4. The van der Waals surface area contributed by atoms with Gasteiger partial charge in [-0.05, 0) is 72.9 Å². The fourth-order valence-electron chi connectivity index (χ4n) is 4.95. The number of hydrogen-bond acceptors (Lipinski definition) is 3. The molecule has 5 atom stereocenters. The van der Waals surface area contributed by atoms with Crippen molar-refractivity contribution in [1.82, 2.24) is 5.32 Å². The molecule has 2 fully saturated rings. The van der Waals surface area contributed by atoms with Crippen molar-refractivity contribution in [2.75, 3.05) is 6.61 Å². The number of ether oxygens (including phenoxy) is 1. The van der Waals surface area contributed by atoms with E-state index in [-0.39, 0.29) is 36.3 Å². The summed E-state index contributed by atoms with van der Waals surface area (Å²) in [6.07, 6.45) is 3.33. The van der Waals surface area contributed by atoms with E-state index in [4.69, 9.17) is 27.9 Å². The third-order valence-corrected chi connectivity index (χ3v) is 7.51. The lowest BCUT2D eigenvalue weighted by molar-refractivity contribution is -0.142. The molecule has 1 aliphatic carbocycles. The number of rotatable bonds is 10. The monoisotopic (exact) mass is 503 g/mol. The normalized spacial score (nSPS) is 24.3. The zero-order valence-electron chi connectivity index (χ0n) is 19.3. The Morgan fingerprint density at radius 1 is 1.15 bits per heavy atom. The van der Waals surface area contributed by atoms with Crippen molar-refractivity contribution in [3.63, 3.8) is 0 Å². The predicted molar refractivity (Wildman–Crippen MR) is 133 cm³/mol. The molecule has 5 nitrogen and oxygen atoms in total. The minimum atomic E-state index is -0.965. The molecule has 4 rings (SSSR count). The van der Waals surface area contributed by atoms with Crippen LogP contribution in [-0.4, -0.2) is 29.6 Å². The van der Waals surface area contributed by atoms with Crippen molar-refractivity contribution in [2.45, 2.75) is 57.1 Å². The molecule has 34 heavy (non-hydrogen) atoms. The third kappa shape index (κ3) is 6.53. The van der Waals surface area contributed by atoms with Gasteiger partial charge in [-0.25, -0.2) is 0 Å². The maximum atomic E-state index is 12.9. The Hall–Kier alpha value is -2.08. The van der Waals surface area contributed by atoms with Crippen molar-refractivity contribution in [1.29, 1.82) is 0 Å². The zero-order chi connectivity index (χ0) is 24.2. The topological polar surface area (TPSA) is 75.6 Å².